The summed E-state index contributed by atoms with van der Waals surface area (Å²) in [6.07, 6.45) is -4.45. The Morgan fingerprint density at radius 3 is 2.22 bits per heavy atom. The Morgan fingerprint density at radius 1 is 1.13 bits per heavy atom. The molecule has 0 fully saturated rings. The molecule has 0 unspecified atom stereocenters. The molecule has 0 aliphatic rings. The third-order valence-electron chi connectivity index (χ3n) is 2.80. The van der Waals surface area contributed by atoms with Crippen LogP contribution in [0.1, 0.15) is 6.92 Å². The number of hydrogen-bond acceptors (Lipinski definition) is 3. The molecule has 128 valence electrons. The minimum Gasteiger partial charge on any atom is -0.346 e. The van der Waals surface area contributed by atoms with Crippen LogP contribution in [0.2, 0.25) is 0 Å². The molecule has 0 aliphatic carbocycles. The van der Waals surface area contributed by atoms with Gasteiger partial charge in [0.2, 0.25) is 11.8 Å². The fourth-order valence-electron chi connectivity index (χ4n) is 1.67. The van der Waals surface area contributed by atoms with Gasteiger partial charge < -0.3 is 10.6 Å². The van der Waals surface area contributed by atoms with E-state index in [2.05, 4.69) is 21.2 Å². The molecule has 0 saturated heterocycles. The molecule has 5 nitrogen and oxygen atoms in total. The fourth-order valence-corrected chi connectivity index (χ4v) is 1.94. The van der Waals surface area contributed by atoms with Gasteiger partial charge in [-0.15, -0.1) is 0 Å². The van der Waals surface area contributed by atoms with Crippen molar-refractivity contribution in [3.8, 4) is 0 Å². The average molecular weight is 396 g/mol. The van der Waals surface area contributed by atoms with Crippen LogP contribution in [0.25, 0.3) is 0 Å². The minimum atomic E-state index is -4.45. The van der Waals surface area contributed by atoms with Crippen molar-refractivity contribution in [2.75, 3.05) is 31.5 Å². The van der Waals surface area contributed by atoms with Crippen LogP contribution >= 0.6 is 15.9 Å². The second-order valence-electron chi connectivity index (χ2n) is 4.75. The maximum absolute atomic E-state index is 12.0. The highest BCUT2D eigenvalue weighted by Gasteiger charge is 2.28. The van der Waals surface area contributed by atoms with Crippen molar-refractivity contribution >= 4 is 33.4 Å². The third-order valence-corrected chi connectivity index (χ3v) is 3.32. The molecule has 9 heteroatoms. The Kier molecular flexibility index (Phi) is 7.50. The molecule has 1 aromatic carbocycles. The van der Waals surface area contributed by atoms with Crippen molar-refractivity contribution in [1.82, 2.24) is 10.2 Å². The average Bonchev–Trinajstić information content (AvgIpc) is 2.46. The number of halogens is 4. The van der Waals surface area contributed by atoms with Crippen molar-refractivity contribution in [1.29, 1.82) is 0 Å². The number of amides is 2. The van der Waals surface area contributed by atoms with E-state index in [0.29, 0.717) is 12.2 Å². The zero-order chi connectivity index (χ0) is 17.5. The zero-order valence-corrected chi connectivity index (χ0v) is 14.0. The van der Waals surface area contributed by atoms with Crippen LogP contribution in [0.5, 0.6) is 0 Å². The maximum atomic E-state index is 12.0. The molecule has 0 saturated carbocycles. The quantitative estimate of drug-likeness (QED) is 0.744. The number of anilines is 1. The predicted molar refractivity (Wildman–Crippen MR) is 84.0 cm³/mol. The summed E-state index contributed by atoms with van der Waals surface area (Å²) in [7, 11) is 0. The van der Waals surface area contributed by atoms with Crippen molar-refractivity contribution < 1.29 is 22.8 Å². The van der Waals surface area contributed by atoms with Gasteiger partial charge in [0.1, 0.15) is 6.54 Å². The van der Waals surface area contributed by atoms with Gasteiger partial charge in [-0.3, -0.25) is 14.5 Å². The van der Waals surface area contributed by atoms with Gasteiger partial charge in [-0.05, 0) is 30.8 Å². The summed E-state index contributed by atoms with van der Waals surface area (Å²) in [5, 5.41) is 4.42. The van der Waals surface area contributed by atoms with E-state index < -0.39 is 18.6 Å². The molecular weight excluding hydrogens is 379 g/mol. The zero-order valence-electron chi connectivity index (χ0n) is 12.4. The van der Waals surface area contributed by atoms with E-state index in [9.17, 15) is 22.8 Å². The summed E-state index contributed by atoms with van der Waals surface area (Å²) >= 11 is 3.27. The summed E-state index contributed by atoms with van der Waals surface area (Å²) in [6.45, 7) is 0.317. The summed E-state index contributed by atoms with van der Waals surface area (Å²) < 4.78 is 36.9. The van der Waals surface area contributed by atoms with Crippen LogP contribution < -0.4 is 10.6 Å². The van der Waals surface area contributed by atoms with Crippen molar-refractivity contribution in [2.45, 2.75) is 13.1 Å². The van der Waals surface area contributed by atoms with E-state index in [0.717, 1.165) is 4.47 Å². The van der Waals surface area contributed by atoms with Crippen LogP contribution in [-0.4, -0.2) is 49.1 Å². The number of benzene rings is 1. The van der Waals surface area contributed by atoms with E-state index in [1.807, 2.05) is 0 Å². The Hall–Kier alpha value is -1.61. The molecule has 2 N–H and O–H groups in total. The van der Waals surface area contributed by atoms with Crippen LogP contribution in [-0.2, 0) is 9.59 Å². The van der Waals surface area contributed by atoms with E-state index in [4.69, 9.17) is 0 Å². The number of carbonyl (C=O) groups is 2. The van der Waals surface area contributed by atoms with Gasteiger partial charge in [0.15, 0.2) is 0 Å². The molecule has 0 aliphatic heterocycles. The molecule has 0 bridgehead atoms. The first kappa shape index (κ1) is 19.4. The lowest BCUT2D eigenvalue weighted by molar-refractivity contribution is -0.139. The van der Waals surface area contributed by atoms with Gasteiger partial charge >= 0.3 is 6.18 Å². The van der Waals surface area contributed by atoms with Crippen LogP contribution in [0, 0.1) is 0 Å². The summed E-state index contributed by atoms with van der Waals surface area (Å²) in [6, 6.07) is 6.93. The van der Waals surface area contributed by atoms with Crippen LogP contribution in [0.15, 0.2) is 28.7 Å². The number of alkyl halides is 3. The molecular formula is C14H17BrF3N3O2. The van der Waals surface area contributed by atoms with Crippen LogP contribution in [0.4, 0.5) is 18.9 Å². The molecule has 0 heterocycles. The normalized spacial score (nSPS) is 11.4. The van der Waals surface area contributed by atoms with Gasteiger partial charge in [0.25, 0.3) is 0 Å². The highest BCUT2D eigenvalue weighted by molar-refractivity contribution is 9.10. The Labute approximate surface area is 140 Å². The fraction of sp³-hybridized carbons (Fsp3) is 0.429. The molecule has 0 radical (unpaired) electrons. The smallest absolute Gasteiger partial charge is 0.346 e. The third kappa shape index (κ3) is 8.56. The Morgan fingerprint density at radius 2 is 1.70 bits per heavy atom. The lowest BCUT2D eigenvalue weighted by Gasteiger charge is -2.19. The number of hydrogen-bond donors (Lipinski definition) is 2. The minimum absolute atomic E-state index is 0.0913. The second-order valence-corrected chi connectivity index (χ2v) is 5.67. The molecule has 0 atom stereocenters. The Balaban J connectivity index is 2.44. The standard InChI is InChI=1S/C14H17BrF3N3O2/c1-2-21(7-12(22)19-9-14(16,17)18)8-13(23)20-11-5-3-10(15)4-6-11/h3-6H,2,7-9H2,1H3,(H,19,22)(H,20,23). The lowest BCUT2D eigenvalue weighted by atomic mass is 10.3. The predicted octanol–water partition coefficient (Wildman–Crippen LogP) is 2.39. The van der Waals surface area contributed by atoms with E-state index in [-0.39, 0.29) is 19.0 Å². The first-order chi connectivity index (χ1) is 10.7. The number of nitrogens with one attached hydrogen (secondary N) is 2. The molecule has 1 aromatic rings. The number of carbonyl (C=O) groups excluding carboxylic acids is 2. The van der Waals surface area contributed by atoms with Crippen molar-refractivity contribution in [2.24, 2.45) is 0 Å². The molecule has 1 rings (SSSR count). The Bertz CT molecular complexity index is 535. The van der Waals surface area contributed by atoms with Crippen molar-refractivity contribution in [3.63, 3.8) is 0 Å². The van der Waals surface area contributed by atoms with E-state index in [1.165, 1.54) is 4.90 Å². The van der Waals surface area contributed by atoms with Crippen LogP contribution in [0.3, 0.4) is 0 Å². The number of rotatable bonds is 7. The summed E-state index contributed by atoms with van der Waals surface area (Å²) in [5.74, 6) is -1.13. The molecule has 0 spiro atoms. The molecule has 23 heavy (non-hydrogen) atoms. The maximum Gasteiger partial charge on any atom is 0.405 e. The second kappa shape index (κ2) is 8.88. The highest BCUT2D eigenvalue weighted by Crippen LogP contribution is 2.14. The van der Waals surface area contributed by atoms with E-state index >= 15 is 0 Å². The van der Waals surface area contributed by atoms with Gasteiger partial charge in [0, 0.05) is 10.2 Å². The highest BCUT2D eigenvalue weighted by atomic mass is 79.9. The molecule has 0 aromatic heterocycles. The van der Waals surface area contributed by atoms with Crippen molar-refractivity contribution in [3.05, 3.63) is 28.7 Å². The monoisotopic (exact) mass is 395 g/mol. The number of nitrogens with zero attached hydrogens (tertiary/aromatic N) is 1. The number of likely N-dealkylation sites (N-methyl/N-ethyl adjacent to an activating group) is 1. The van der Waals surface area contributed by atoms with Gasteiger partial charge in [-0.1, -0.05) is 22.9 Å². The van der Waals surface area contributed by atoms with Gasteiger partial charge in [0.05, 0.1) is 13.1 Å². The topological polar surface area (TPSA) is 61.4 Å². The largest absolute Gasteiger partial charge is 0.405 e. The van der Waals surface area contributed by atoms with Gasteiger partial charge in [-0.2, -0.15) is 13.2 Å². The molecule has 2 amide bonds. The summed E-state index contributed by atoms with van der Waals surface area (Å²) in [4.78, 5) is 24.8. The van der Waals surface area contributed by atoms with Gasteiger partial charge in [-0.25, -0.2) is 0 Å². The first-order valence-electron chi connectivity index (χ1n) is 6.81. The first-order valence-corrected chi connectivity index (χ1v) is 7.60. The summed E-state index contributed by atoms with van der Waals surface area (Å²) in [5.41, 5.74) is 0.593. The SMILES string of the molecule is CCN(CC(=O)NCC(F)(F)F)CC(=O)Nc1ccc(Br)cc1. The lowest BCUT2D eigenvalue weighted by Crippen LogP contribution is -2.43. The van der Waals surface area contributed by atoms with E-state index in [1.54, 1.807) is 36.5 Å².